The highest BCUT2D eigenvalue weighted by molar-refractivity contribution is 6.03. The lowest BCUT2D eigenvalue weighted by molar-refractivity contribution is -0.836. The zero-order chi connectivity index (χ0) is 23.6. The number of fused-ring (bicyclic) bond motifs is 3. The average molecular weight is 474 g/mol. The molecule has 3 heteroatoms. The molecule has 5 aromatic rings. The minimum absolute atomic E-state index is 0.687. The first kappa shape index (κ1) is 20.9. The zero-order valence-electron chi connectivity index (χ0n) is 21.1. The van der Waals surface area contributed by atoms with Gasteiger partial charge < -0.3 is 0 Å². The topological polar surface area (TPSA) is 12.4 Å². The average Bonchev–Trinajstić information content (AvgIpc) is 3.50. The monoisotopic (exact) mass is 473 g/mol. The molecule has 2 aromatic heterocycles. The highest BCUT2D eigenvalue weighted by atomic mass is 15.6. The molecule has 1 aliphatic heterocycles. The van der Waals surface area contributed by atoms with E-state index in [9.17, 15) is 0 Å². The summed E-state index contributed by atoms with van der Waals surface area (Å²) in [5.74, 6) is 1.37. The Kier molecular flexibility index (Phi) is 4.75. The van der Waals surface area contributed by atoms with Gasteiger partial charge in [0.25, 0.3) is 11.7 Å². The number of nitrogens with zero attached hydrogens (tertiary/aromatic N) is 3. The van der Waals surface area contributed by atoms with Gasteiger partial charge in [0, 0.05) is 11.5 Å². The summed E-state index contributed by atoms with van der Waals surface area (Å²) in [5.41, 5.74) is 10.3. The molecule has 0 spiro atoms. The molecule has 0 saturated heterocycles. The standard InChI is InChI=1S/C33H35N3/c1-3-11-23(12-4-1)26-17-10-18-27(24-13-5-2-6-14-24)32(26)31-22-34-21-25-15-9-19-29-28-16-7-8-20-30(28)35(31)36(34)33(25)29/h7-10,15-20,22-24H,1-6,11-14,21H2/q+2. The summed E-state index contributed by atoms with van der Waals surface area (Å²) in [5, 5.41) is 2.72. The number of hydrogen-bond acceptors (Lipinski definition) is 0. The van der Waals surface area contributed by atoms with E-state index >= 15 is 0 Å². The van der Waals surface area contributed by atoms with Crippen molar-refractivity contribution < 1.29 is 9.20 Å². The summed E-state index contributed by atoms with van der Waals surface area (Å²) in [6.45, 7) is 0.946. The Morgan fingerprint density at radius 2 is 1.28 bits per heavy atom. The fraction of sp³-hybridized carbons (Fsp3) is 0.394. The van der Waals surface area contributed by atoms with Crippen LogP contribution in [0.25, 0.3) is 33.1 Å². The number of para-hydroxylation sites is 2. The molecular formula is C33H35N3+2. The summed E-state index contributed by atoms with van der Waals surface area (Å²) < 4.78 is 7.49. The van der Waals surface area contributed by atoms with E-state index in [4.69, 9.17) is 0 Å². The molecule has 2 fully saturated rings. The smallest absolute Gasteiger partial charge is 0.0616 e. The third kappa shape index (κ3) is 2.98. The van der Waals surface area contributed by atoms with Gasteiger partial charge in [-0.15, -0.1) is 0 Å². The van der Waals surface area contributed by atoms with Crippen LogP contribution in [0, 0.1) is 0 Å². The maximum atomic E-state index is 2.56. The highest BCUT2D eigenvalue weighted by Gasteiger charge is 2.39. The molecule has 2 saturated carbocycles. The predicted octanol–water partition coefficient (Wildman–Crippen LogP) is 7.24. The molecule has 0 atom stereocenters. The maximum Gasteiger partial charge on any atom is 0.315 e. The van der Waals surface area contributed by atoms with E-state index in [1.54, 1.807) is 16.7 Å². The van der Waals surface area contributed by atoms with Crippen molar-refractivity contribution in [3.63, 3.8) is 0 Å². The van der Waals surface area contributed by atoms with Crippen LogP contribution in [-0.4, -0.2) is 4.63 Å². The maximum absolute atomic E-state index is 2.56. The van der Waals surface area contributed by atoms with Gasteiger partial charge in [0.1, 0.15) is 0 Å². The molecule has 3 aromatic carbocycles. The van der Waals surface area contributed by atoms with Crippen molar-refractivity contribution in [1.82, 2.24) is 4.63 Å². The molecule has 0 N–H and O–H groups in total. The van der Waals surface area contributed by atoms with Crippen molar-refractivity contribution >= 4 is 21.8 Å². The van der Waals surface area contributed by atoms with Crippen molar-refractivity contribution in [2.24, 2.45) is 0 Å². The Labute approximate surface area is 213 Å². The second kappa shape index (κ2) is 8.16. The molecule has 36 heavy (non-hydrogen) atoms. The minimum atomic E-state index is 0.687. The normalized spacial score (nSPS) is 18.8. The summed E-state index contributed by atoms with van der Waals surface area (Å²) >= 11 is 0. The second-order valence-electron chi connectivity index (χ2n) is 11.5. The first-order valence-corrected chi connectivity index (χ1v) is 14.3. The first-order chi connectivity index (χ1) is 17.9. The summed E-state index contributed by atoms with van der Waals surface area (Å²) in [6, 6.07) is 23.2. The SMILES string of the molecule is c1cc(C2CCCCC2)c(-c2c[n+]3n4c5c(cccc5c5ccccc5[n+]24)C3)c(C2CCCCC2)c1. The van der Waals surface area contributed by atoms with Crippen LogP contribution in [-0.2, 0) is 6.54 Å². The highest BCUT2D eigenvalue weighted by Crippen LogP contribution is 2.44. The van der Waals surface area contributed by atoms with Crippen LogP contribution in [0.2, 0.25) is 0 Å². The molecule has 2 aliphatic carbocycles. The lowest BCUT2D eigenvalue weighted by Crippen LogP contribution is -2.44. The van der Waals surface area contributed by atoms with Crippen molar-refractivity contribution in [1.29, 1.82) is 0 Å². The number of benzene rings is 3. The molecule has 0 amide bonds. The molecule has 3 nitrogen and oxygen atoms in total. The van der Waals surface area contributed by atoms with Gasteiger partial charge in [-0.25, -0.2) is 0 Å². The Morgan fingerprint density at radius 1 is 0.639 bits per heavy atom. The largest absolute Gasteiger partial charge is 0.315 e. The number of rotatable bonds is 3. The van der Waals surface area contributed by atoms with Crippen LogP contribution in [0.1, 0.15) is 92.7 Å². The van der Waals surface area contributed by atoms with E-state index in [2.05, 4.69) is 80.7 Å². The Balaban J connectivity index is 1.48. The summed E-state index contributed by atoms with van der Waals surface area (Å²) in [4.78, 5) is 0. The molecular weight excluding hydrogens is 438 g/mol. The van der Waals surface area contributed by atoms with Crippen LogP contribution < -0.4 is 9.20 Å². The quantitative estimate of drug-likeness (QED) is 0.190. The van der Waals surface area contributed by atoms with Gasteiger partial charge in [0.05, 0.1) is 21.1 Å². The van der Waals surface area contributed by atoms with E-state index < -0.39 is 0 Å². The lowest BCUT2D eigenvalue weighted by atomic mass is 9.76. The molecule has 180 valence electrons. The van der Waals surface area contributed by atoms with Crippen LogP contribution in [0.15, 0.2) is 66.9 Å². The third-order valence-corrected chi connectivity index (χ3v) is 9.48. The summed E-state index contributed by atoms with van der Waals surface area (Å²) in [6.07, 6.45) is 16.1. The van der Waals surface area contributed by atoms with Crippen molar-refractivity contribution in [2.45, 2.75) is 82.6 Å². The number of hydrogen-bond donors (Lipinski definition) is 0. The van der Waals surface area contributed by atoms with Crippen LogP contribution in [0.3, 0.4) is 0 Å². The van der Waals surface area contributed by atoms with Crippen molar-refractivity contribution in [3.8, 4) is 11.3 Å². The fourth-order valence-corrected chi connectivity index (χ4v) is 7.84. The van der Waals surface area contributed by atoms with E-state index in [-0.39, 0.29) is 0 Å². The molecule has 0 radical (unpaired) electrons. The van der Waals surface area contributed by atoms with Crippen molar-refractivity contribution in [2.75, 3.05) is 0 Å². The third-order valence-electron chi connectivity index (χ3n) is 9.48. The van der Waals surface area contributed by atoms with Gasteiger partial charge in [-0.05, 0) is 70.0 Å². The summed E-state index contributed by atoms with van der Waals surface area (Å²) in [7, 11) is 0. The Bertz CT molecular complexity index is 1590. The van der Waals surface area contributed by atoms with Gasteiger partial charge in [-0.1, -0.05) is 81.0 Å². The Hall–Kier alpha value is -3.20. The van der Waals surface area contributed by atoms with E-state index in [0.29, 0.717) is 11.8 Å². The van der Waals surface area contributed by atoms with Gasteiger partial charge in [-0.2, -0.15) is 0 Å². The Morgan fingerprint density at radius 3 is 2.00 bits per heavy atom. The van der Waals surface area contributed by atoms with Gasteiger partial charge in [0.15, 0.2) is 5.52 Å². The van der Waals surface area contributed by atoms with Crippen LogP contribution in [0.5, 0.6) is 0 Å². The predicted molar refractivity (Wildman–Crippen MR) is 144 cm³/mol. The van der Waals surface area contributed by atoms with Crippen molar-refractivity contribution in [3.05, 3.63) is 83.6 Å². The molecule has 0 unspecified atom stereocenters. The van der Waals surface area contributed by atoms with E-state index in [1.165, 1.54) is 97.3 Å². The van der Waals surface area contributed by atoms with E-state index in [1.807, 2.05) is 0 Å². The molecule has 0 bridgehead atoms. The second-order valence-corrected chi connectivity index (χ2v) is 11.5. The lowest BCUT2D eigenvalue weighted by Gasteiger charge is -2.28. The minimum Gasteiger partial charge on any atom is -0.0616 e. The van der Waals surface area contributed by atoms with E-state index in [0.717, 1.165) is 6.54 Å². The van der Waals surface area contributed by atoms with Gasteiger partial charge in [-0.3, -0.25) is 0 Å². The first-order valence-electron chi connectivity index (χ1n) is 14.3. The van der Waals surface area contributed by atoms with Crippen LogP contribution in [0.4, 0.5) is 0 Å². The molecule has 3 aliphatic rings. The molecule has 3 heterocycles. The zero-order valence-corrected chi connectivity index (χ0v) is 21.1. The van der Waals surface area contributed by atoms with Crippen LogP contribution >= 0.6 is 0 Å². The fourth-order valence-electron chi connectivity index (χ4n) is 7.84. The molecule has 8 rings (SSSR count). The number of aromatic nitrogens is 3. The van der Waals surface area contributed by atoms with Gasteiger partial charge >= 0.3 is 5.69 Å². The van der Waals surface area contributed by atoms with Gasteiger partial charge in [0.2, 0.25) is 6.54 Å².